The van der Waals surface area contributed by atoms with E-state index in [1.807, 2.05) is 11.3 Å². The summed E-state index contributed by atoms with van der Waals surface area (Å²) in [6.07, 6.45) is 19.3. The number of thiophene rings is 1. The molecule has 0 fully saturated rings. The molecule has 0 saturated heterocycles. The fourth-order valence-electron chi connectivity index (χ4n) is 9.07. The van der Waals surface area contributed by atoms with Crippen LogP contribution in [0.25, 0.3) is 69.9 Å². The molecule has 0 amide bonds. The first-order chi connectivity index (χ1) is 25.3. The zero-order valence-corrected chi connectivity index (χ0v) is 28.8. The van der Waals surface area contributed by atoms with Gasteiger partial charge in [0.15, 0.2) is 0 Å². The molecule has 0 radical (unpaired) electrons. The van der Waals surface area contributed by atoms with E-state index in [1.54, 1.807) is 0 Å². The van der Waals surface area contributed by atoms with Gasteiger partial charge in [-0.1, -0.05) is 127 Å². The van der Waals surface area contributed by atoms with Crippen molar-refractivity contribution in [2.45, 2.75) is 24.4 Å². The summed E-state index contributed by atoms with van der Waals surface area (Å²) in [6, 6.07) is 48.3. The lowest BCUT2D eigenvalue weighted by Gasteiger charge is -2.35. The molecule has 2 nitrogen and oxygen atoms in total. The average Bonchev–Trinajstić information content (AvgIpc) is 3.85. The van der Waals surface area contributed by atoms with Crippen LogP contribution in [0.1, 0.15) is 17.9 Å². The minimum absolute atomic E-state index is 0.312. The van der Waals surface area contributed by atoms with Crippen molar-refractivity contribution in [3.63, 3.8) is 0 Å². The third-order valence-corrected chi connectivity index (χ3v) is 12.4. The first kappa shape index (κ1) is 28.9. The van der Waals surface area contributed by atoms with E-state index < -0.39 is 0 Å². The van der Waals surface area contributed by atoms with E-state index >= 15 is 0 Å². The predicted molar refractivity (Wildman–Crippen MR) is 219 cm³/mol. The summed E-state index contributed by atoms with van der Waals surface area (Å²) in [4.78, 5) is 2.66. The van der Waals surface area contributed by atoms with Gasteiger partial charge in [0.2, 0.25) is 0 Å². The number of rotatable bonds is 4. The van der Waals surface area contributed by atoms with Crippen LogP contribution < -0.4 is 4.90 Å². The molecule has 1 aliphatic heterocycles. The number of anilines is 1. The Morgan fingerprint density at radius 3 is 2.22 bits per heavy atom. The lowest BCUT2D eigenvalue weighted by molar-refractivity contribution is 0.614. The molecule has 3 aliphatic rings. The first-order valence-electron chi connectivity index (χ1n) is 18.0. The number of hydrogen-bond donors (Lipinski definition) is 0. The van der Waals surface area contributed by atoms with Gasteiger partial charge in [-0.15, -0.1) is 11.3 Å². The van der Waals surface area contributed by atoms with Gasteiger partial charge < -0.3 is 9.47 Å². The Balaban J connectivity index is 1.08. The van der Waals surface area contributed by atoms with Crippen LogP contribution in [0, 0.1) is 0 Å². The van der Waals surface area contributed by atoms with Gasteiger partial charge in [0.25, 0.3) is 0 Å². The zero-order chi connectivity index (χ0) is 33.5. The third-order valence-electron chi connectivity index (χ3n) is 11.3. The molecular formula is C48H34N2S. The molecule has 3 heteroatoms. The molecular weight excluding hydrogens is 637 g/mol. The van der Waals surface area contributed by atoms with Gasteiger partial charge in [-0.2, -0.15) is 0 Å². The van der Waals surface area contributed by atoms with Gasteiger partial charge in [0.05, 0.1) is 23.1 Å². The lowest BCUT2D eigenvalue weighted by atomic mass is 9.84. The van der Waals surface area contributed by atoms with E-state index in [2.05, 4.69) is 185 Å². The van der Waals surface area contributed by atoms with E-state index in [0.29, 0.717) is 18.0 Å². The van der Waals surface area contributed by atoms with Crippen LogP contribution in [-0.4, -0.2) is 16.7 Å². The van der Waals surface area contributed by atoms with Crippen molar-refractivity contribution in [2.75, 3.05) is 4.90 Å². The van der Waals surface area contributed by atoms with Crippen LogP contribution in [-0.2, 0) is 0 Å². The normalized spacial score (nSPS) is 19.1. The minimum Gasteiger partial charge on any atom is -0.357 e. The van der Waals surface area contributed by atoms with Crippen molar-refractivity contribution in [1.29, 1.82) is 0 Å². The number of benzene rings is 6. The van der Waals surface area contributed by atoms with Gasteiger partial charge in [0.1, 0.15) is 0 Å². The Morgan fingerprint density at radius 1 is 0.529 bits per heavy atom. The summed E-state index contributed by atoms with van der Waals surface area (Å²) >= 11 is 1.87. The first-order valence-corrected chi connectivity index (χ1v) is 18.8. The van der Waals surface area contributed by atoms with Crippen molar-refractivity contribution < 1.29 is 0 Å². The molecule has 0 bridgehead atoms. The van der Waals surface area contributed by atoms with Crippen molar-refractivity contribution in [3.8, 4) is 27.9 Å². The predicted octanol–water partition coefficient (Wildman–Crippen LogP) is 12.8. The molecule has 6 aromatic carbocycles. The number of aromatic nitrogens is 1. The summed E-state index contributed by atoms with van der Waals surface area (Å²) in [5.74, 6) is 0.312. The van der Waals surface area contributed by atoms with Crippen molar-refractivity contribution in [3.05, 3.63) is 182 Å². The molecule has 2 unspecified atom stereocenters. The van der Waals surface area contributed by atoms with E-state index in [1.165, 1.54) is 81.2 Å². The molecule has 0 spiro atoms. The highest BCUT2D eigenvalue weighted by atomic mass is 32.1. The topological polar surface area (TPSA) is 8.17 Å². The maximum Gasteiger partial charge on any atom is 0.0586 e. The molecule has 51 heavy (non-hydrogen) atoms. The quantitative estimate of drug-likeness (QED) is 0.181. The molecule has 0 saturated carbocycles. The van der Waals surface area contributed by atoms with Crippen LogP contribution in [0.15, 0.2) is 176 Å². The Hall–Kier alpha value is -5.90. The highest BCUT2D eigenvalue weighted by Gasteiger charge is 2.41. The molecule has 0 N–H and O–H groups in total. The zero-order valence-electron chi connectivity index (χ0n) is 28.0. The summed E-state index contributed by atoms with van der Waals surface area (Å²) in [6.45, 7) is 0. The third kappa shape index (κ3) is 4.35. The second-order valence-corrected chi connectivity index (χ2v) is 15.0. The SMILES string of the molecule is C1=CCC(N2c3cccc(-c4ccccc4-c4ccc5c(c4)c4ccccc4n5-c4ccc5sc6ccccc6c5c4)c3C3C=CC=C[C@H]32)C=C1. The van der Waals surface area contributed by atoms with Crippen LogP contribution in [0.3, 0.4) is 0 Å². The second-order valence-electron chi connectivity index (χ2n) is 14.0. The molecule has 2 aromatic heterocycles. The van der Waals surface area contributed by atoms with E-state index in [4.69, 9.17) is 0 Å². The van der Waals surface area contributed by atoms with E-state index in [0.717, 1.165) is 6.42 Å². The summed E-state index contributed by atoms with van der Waals surface area (Å²) < 4.78 is 5.11. The number of nitrogens with zero attached hydrogens (tertiary/aromatic N) is 2. The second kappa shape index (κ2) is 11.3. The van der Waals surface area contributed by atoms with Crippen LogP contribution in [0.4, 0.5) is 5.69 Å². The maximum absolute atomic E-state index is 2.66. The fourth-order valence-corrected chi connectivity index (χ4v) is 10.2. The van der Waals surface area contributed by atoms with Gasteiger partial charge in [-0.25, -0.2) is 0 Å². The van der Waals surface area contributed by atoms with Crippen LogP contribution in [0.5, 0.6) is 0 Å². The standard InChI is InChI=1S/C48H34N2S/c1-2-13-32(14-3-1)49-43-22-10-7-19-39(43)48-38(20-12-23-45(48)49)35-16-5-4-15-34(35)31-25-27-44-40(29-31)36-17-6-9-21-42(36)50(44)33-26-28-47-41(30-33)37-18-8-11-24-46(37)51-47/h1-13,15-30,32,39,43H,14H2/t32?,39?,43-/m1/s1. The molecule has 3 atom stereocenters. The highest BCUT2D eigenvalue weighted by Crippen LogP contribution is 2.51. The number of allylic oxidation sites excluding steroid dienone is 4. The average molecular weight is 671 g/mol. The molecule has 3 heterocycles. The van der Waals surface area contributed by atoms with Crippen LogP contribution >= 0.6 is 11.3 Å². The van der Waals surface area contributed by atoms with E-state index in [-0.39, 0.29) is 0 Å². The number of hydrogen-bond acceptors (Lipinski definition) is 2. The van der Waals surface area contributed by atoms with Gasteiger partial charge >= 0.3 is 0 Å². The highest BCUT2D eigenvalue weighted by molar-refractivity contribution is 7.25. The Labute approximate surface area is 301 Å². The molecule has 8 aromatic rings. The van der Waals surface area contributed by atoms with Gasteiger partial charge in [-0.3, -0.25) is 0 Å². The molecule has 2 aliphatic carbocycles. The number of fused-ring (bicyclic) bond motifs is 9. The largest absolute Gasteiger partial charge is 0.357 e. The lowest BCUT2D eigenvalue weighted by Crippen LogP contribution is -2.40. The van der Waals surface area contributed by atoms with Crippen molar-refractivity contribution >= 4 is 59.0 Å². The van der Waals surface area contributed by atoms with Crippen molar-refractivity contribution in [2.24, 2.45) is 0 Å². The smallest absolute Gasteiger partial charge is 0.0586 e. The molecule has 11 rings (SSSR count). The minimum atomic E-state index is 0.312. The monoisotopic (exact) mass is 670 g/mol. The van der Waals surface area contributed by atoms with E-state index in [9.17, 15) is 0 Å². The van der Waals surface area contributed by atoms with Crippen LogP contribution in [0.2, 0.25) is 0 Å². The summed E-state index contributed by atoms with van der Waals surface area (Å²) in [5, 5.41) is 5.19. The molecule has 242 valence electrons. The Morgan fingerprint density at radius 2 is 1.29 bits per heavy atom. The Bertz CT molecular complexity index is 2820. The van der Waals surface area contributed by atoms with Gasteiger partial charge in [-0.05, 0) is 82.8 Å². The van der Waals surface area contributed by atoms with Crippen molar-refractivity contribution in [1.82, 2.24) is 4.57 Å². The fraction of sp³-hybridized carbons (Fsp3) is 0.0833. The number of para-hydroxylation sites is 1. The maximum atomic E-state index is 2.66. The Kier molecular flexibility index (Phi) is 6.41. The van der Waals surface area contributed by atoms with Gasteiger partial charge in [0, 0.05) is 48.2 Å². The summed E-state index contributed by atoms with van der Waals surface area (Å²) in [7, 11) is 0. The summed E-state index contributed by atoms with van der Waals surface area (Å²) in [5.41, 5.74) is 11.6.